The number of hydrogen-bond donors (Lipinski definition) is 1. The highest BCUT2D eigenvalue weighted by molar-refractivity contribution is 8.00. The van der Waals surface area contributed by atoms with Gasteiger partial charge in [-0.25, -0.2) is 4.79 Å². The molecular formula is C21H33N3OS. The van der Waals surface area contributed by atoms with Crippen molar-refractivity contribution in [1.82, 2.24) is 9.80 Å². The molecule has 2 amide bonds. The molecule has 3 rings (SSSR count). The zero-order valence-electron chi connectivity index (χ0n) is 16.5. The van der Waals surface area contributed by atoms with Crippen LogP contribution in [0.5, 0.6) is 0 Å². The molecule has 0 radical (unpaired) electrons. The summed E-state index contributed by atoms with van der Waals surface area (Å²) < 4.78 is 0. The summed E-state index contributed by atoms with van der Waals surface area (Å²) in [7, 11) is 0. The van der Waals surface area contributed by atoms with E-state index in [1.807, 2.05) is 28.8 Å². The lowest BCUT2D eigenvalue weighted by atomic mass is 10.1. The molecule has 1 heterocycles. The lowest BCUT2D eigenvalue weighted by molar-refractivity contribution is 0.142. The van der Waals surface area contributed by atoms with E-state index < -0.39 is 0 Å². The van der Waals surface area contributed by atoms with Gasteiger partial charge in [-0.15, -0.1) is 11.8 Å². The van der Waals surface area contributed by atoms with Crippen molar-refractivity contribution in [3.8, 4) is 0 Å². The summed E-state index contributed by atoms with van der Waals surface area (Å²) in [6.07, 6.45) is 6.29. The van der Waals surface area contributed by atoms with E-state index in [0.717, 1.165) is 38.3 Å². The number of urea groups is 1. The van der Waals surface area contributed by atoms with Gasteiger partial charge in [-0.05, 0) is 52.2 Å². The van der Waals surface area contributed by atoms with Gasteiger partial charge in [0.2, 0.25) is 0 Å². The van der Waals surface area contributed by atoms with E-state index in [2.05, 4.69) is 43.1 Å². The Morgan fingerprint density at radius 2 is 1.77 bits per heavy atom. The second-order valence-electron chi connectivity index (χ2n) is 8.45. The first-order valence-electron chi connectivity index (χ1n) is 10.00. The Morgan fingerprint density at radius 1 is 1.04 bits per heavy atom. The maximum absolute atomic E-state index is 12.9. The Morgan fingerprint density at radius 3 is 2.50 bits per heavy atom. The lowest BCUT2D eigenvalue weighted by Gasteiger charge is -2.34. The standard InChI is InChI=1S/C21H33N3OS/c1-21(2,3)24-14-8-13-23(15-16-24)20(25)22-18-11-6-7-12-19(18)26-17-9-4-5-10-17/h6-7,11-12,17H,4-5,8-10,13-16H2,1-3H3,(H,22,25). The minimum absolute atomic E-state index is 0.0419. The predicted molar refractivity (Wildman–Crippen MR) is 111 cm³/mol. The largest absolute Gasteiger partial charge is 0.323 e. The number of nitrogens with zero attached hydrogens (tertiary/aromatic N) is 2. The molecule has 1 aliphatic carbocycles. The van der Waals surface area contributed by atoms with Crippen LogP contribution >= 0.6 is 11.8 Å². The second-order valence-corrected chi connectivity index (χ2v) is 9.79. The number of benzene rings is 1. The molecule has 2 fully saturated rings. The van der Waals surface area contributed by atoms with E-state index in [-0.39, 0.29) is 11.6 Å². The molecule has 0 unspecified atom stereocenters. The molecule has 1 aliphatic heterocycles. The average molecular weight is 376 g/mol. The van der Waals surface area contributed by atoms with Crippen LogP contribution in [0.2, 0.25) is 0 Å². The van der Waals surface area contributed by atoms with Gasteiger partial charge in [0, 0.05) is 41.9 Å². The number of nitrogens with one attached hydrogen (secondary N) is 1. The summed E-state index contributed by atoms with van der Waals surface area (Å²) in [4.78, 5) is 18.5. The predicted octanol–water partition coefficient (Wildman–Crippen LogP) is 5.06. The zero-order chi connectivity index (χ0) is 18.6. The third-order valence-corrected chi connectivity index (χ3v) is 6.87. The van der Waals surface area contributed by atoms with E-state index in [0.29, 0.717) is 5.25 Å². The molecule has 0 spiro atoms. The quantitative estimate of drug-likeness (QED) is 0.802. The highest BCUT2D eigenvalue weighted by Crippen LogP contribution is 2.38. The fourth-order valence-corrected chi connectivity index (χ4v) is 5.18. The van der Waals surface area contributed by atoms with Crippen LogP contribution < -0.4 is 5.32 Å². The number of carbonyl (C=O) groups is 1. The summed E-state index contributed by atoms with van der Waals surface area (Å²) in [5.74, 6) is 0. The first kappa shape index (κ1) is 19.6. The van der Waals surface area contributed by atoms with Crippen molar-refractivity contribution in [3.63, 3.8) is 0 Å². The number of amides is 2. The maximum Gasteiger partial charge on any atom is 0.321 e. The molecule has 0 bridgehead atoms. The molecule has 5 heteroatoms. The van der Waals surface area contributed by atoms with Crippen molar-refractivity contribution in [2.24, 2.45) is 0 Å². The lowest BCUT2D eigenvalue weighted by Crippen LogP contribution is -2.44. The molecule has 0 aromatic heterocycles. The molecular weight excluding hydrogens is 342 g/mol. The maximum atomic E-state index is 12.9. The van der Waals surface area contributed by atoms with Crippen molar-refractivity contribution in [2.45, 2.75) is 68.6 Å². The average Bonchev–Trinajstić information content (AvgIpc) is 2.96. The summed E-state index contributed by atoms with van der Waals surface area (Å²) in [5, 5.41) is 3.88. The molecule has 144 valence electrons. The summed E-state index contributed by atoms with van der Waals surface area (Å²) in [6, 6.07) is 8.30. The third kappa shape index (κ3) is 5.17. The van der Waals surface area contributed by atoms with E-state index in [1.54, 1.807) is 0 Å². The topological polar surface area (TPSA) is 35.6 Å². The summed E-state index contributed by atoms with van der Waals surface area (Å²) >= 11 is 1.93. The van der Waals surface area contributed by atoms with Crippen molar-refractivity contribution < 1.29 is 4.79 Å². The Hall–Kier alpha value is -1.20. The van der Waals surface area contributed by atoms with E-state index in [9.17, 15) is 4.79 Å². The fourth-order valence-electron chi connectivity index (χ4n) is 3.84. The molecule has 1 aromatic carbocycles. The number of rotatable bonds is 3. The van der Waals surface area contributed by atoms with Crippen LogP contribution in [0.1, 0.15) is 52.9 Å². The van der Waals surface area contributed by atoms with Gasteiger partial charge in [-0.2, -0.15) is 0 Å². The smallest absolute Gasteiger partial charge is 0.321 e. The van der Waals surface area contributed by atoms with Crippen LogP contribution in [0, 0.1) is 0 Å². The van der Waals surface area contributed by atoms with Gasteiger partial charge in [0.05, 0.1) is 5.69 Å². The van der Waals surface area contributed by atoms with Crippen LogP contribution in [-0.2, 0) is 0 Å². The number of para-hydroxylation sites is 1. The van der Waals surface area contributed by atoms with Crippen LogP contribution in [0.3, 0.4) is 0 Å². The van der Waals surface area contributed by atoms with Gasteiger partial charge in [0.1, 0.15) is 0 Å². The zero-order valence-corrected chi connectivity index (χ0v) is 17.3. The number of carbonyl (C=O) groups excluding carboxylic acids is 1. The molecule has 26 heavy (non-hydrogen) atoms. The highest BCUT2D eigenvalue weighted by Gasteiger charge is 2.26. The Kier molecular flexibility index (Phi) is 6.51. The number of hydrogen-bond acceptors (Lipinski definition) is 3. The molecule has 4 nitrogen and oxygen atoms in total. The van der Waals surface area contributed by atoms with E-state index in [4.69, 9.17) is 0 Å². The van der Waals surface area contributed by atoms with Crippen molar-refractivity contribution in [1.29, 1.82) is 0 Å². The van der Waals surface area contributed by atoms with Gasteiger partial charge < -0.3 is 10.2 Å². The first-order valence-corrected chi connectivity index (χ1v) is 10.9. The molecule has 1 saturated heterocycles. The molecule has 1 N–H and O–H groups in total. The monoisotopic (exact) mass is 375 g/mol. The first-order chi connectivity index (χ1) is 12.4. The summed E-state index contributed by atoms with van der Waals surface area (Å²) in [5.41, 5.74) is 1.13. The van der Waals surface area contributed by atoms with Crippen LogP contribution in [0.15, 0.2) is 29.2 Å². The van der Waals surface area contributed by atoms with Crippen LogP contribution in [0.25, 0.3) is 0 Å². The van der Waals surface area contributed by atoms with Gasteiger partial charge >= 0.3 is 6.03 Å². The fraction of sp³-hybridized carbons (Fsp3) is 0.667. The Bertz CT molecular complexity index is 608. The van der Waals surface area contributed by atoms with E-state index in [1.165, 1.54) is 30.6 Å². The number of anilines is 1. The summed E-state index contributed by atoms with van der Waals surface area (Å²) in [6.45, 7) is 10.4. The van der Waals surface area contributed by atoms with Crippen LogP contribution in [0.4, 0.5) is 10.5 Å². The Balaban J connectivity index is 1.61. The van der Waals surface area contributed by atoms with Crippen molar-refractivity contribution in [3.05, 3.63) is 24.3 Å². The van der Waals surface area contributed by atoms with E-state index >= 15 is 0 Å². The highest BCUT2D eigenvalue weighted by atomic mass is 32.2. The third-order valence-electron chi connectivity index (χ3n) is 5.46. The van der Waals surface area contributed by atoms with Gasteiger partial charge in [0.15, 0.2) is 0 Å². The number of thioether (sulfide) groups is 1. The van der Waals surface area contributed by atoms with Gasteiger partial charge in [0.25, 0.3) is 0 Å². The second kappa shape index (κ2) is 8.66. The minimum atomic E-state index is 0.0419. The SMILES string of the molecule is CC(C)(C)N1CCCN(C(=O)Nc2ccccc2SC2CCCC2)CC1. The van der Waals surface area contributed by atoms with Gasteiger partial charge in [-0.1, -0.05) is 25.0 Å². The van der Waals surface area contributed by atoms with Crippen molar-refractivity contribution in [2.75, 3.05) is 31.5 Å². The minimum Gasteiger partial charge on any atom is -0.323 e. The normalized spacial score (nSPS) is 20.2. The van der Waals surface area contributed by atoms with Crippen LogP contribution in [-0.4, -0.2) is 52.8 Å². The Labute approximate surface area is 162 Å². The van der Waals surface area contributed by atoms with Crippen molar-refractivity contribution >= 4 is 23.5 Å². The molecule has 2 aliphatic rings. The van der Waals surface area contributed by atoms with Gasteiger partial charge in [-0.3, -0.25) is 4.90 Å². The molecule has 0 atom stereocenters. The molecule has 1 aromatic rings. The molecule has 1 saturated carbocycles.